The summed E-state index contributed by atoms with van der Waals surface area (Å²) in [4.78, 5) is 0. The number of hydrogen-bond acceptors (Lipinski definition) is 5. The Morgan fingerprint density at radius 2 is 2.00 bits per heavy atom. The Kier molecular flexibility index (Phi) is 4.03. The van der Waals surface area contributed by atoms with Gasteiger partial charge in [-0.25, -0.2) is 16.8 Å². The fourth-order valence-electron chi connectivity index (χ4n) is 1.95. The Hall–Kier alpha value is -0.860. The van der Waals surface area contributed by atoms with Gasteiger partial charge in [0.2, 0.25) is 10.0 Å². The quantitative estimate of drug-likeness (QED) is 0.769. The van der Waals surface area contributed by atoms with E-state index in [0.717, 1.165) is 0 Å². The number of sulfonamides is 1. The molecule has 19 heavy (non-hydrogen) atoms. The molecule has 0 radical (unpaired) electrons. The summed E-state index contributed by atoms with van der Waals surface area (Å²) < 4.78 is 53.7. The topological polar surface area (TPSA) is 84.7 Å². The first kappa shape index (κ1) is 14.5. The van der Waals surface area contributed by atoms with E-state index in [1.165, 1.54) is 10.6 Å². The zero-order chi connectivity index (χ0) is 14.1. The number of furan rings is 1. The first-order chi connectivity index (χ1) is 8.85. The molecule has 0 N–H and O–H groups in total. The summed E-state index contributed by atoms with van der Waals surface area (Å²) in [6.07, 6.45) is 1.95. The monoisotopic (exact) mass is 307 g/mol. The summed E-state index contributed by atoms with van der Waals surface area (Å²) in [5.41, 5.74) is 0. The predicted octanol–water partition coefficient (Wildman–Crippen LogP) is 0.618. The van der Waals surface area contributed by atoms with Crippen LogP contribution in [0.5, 0.6) is 0 Å². The van der Waals surface area contributed by atoms with Crippen LogP contribution in [0.1, 0.15) is 19.1 Å². The Morgan fingerprint density at radius 1 is 1.32 bits per heavy atom. The summed E-state index contributed by atoms with van der Waals surface area (Å²) in [5, 5.41) is -0.621. The molecule has 0 atom stereocenters. The van der Waals surface area contributed by atoms with Crippen LogP contribution < -0.4 is 0 Å². The minimum absolute atomic E-state index is 0.0609. The highest BCUT2D eigenvalue weighted by Crippen LogP contribution is 2.23. The van der Waals surface area contributed by atoms with Crippen LogP contribution in [-0.2, 0) is 25.6 Å². The molecule has 0 unspecified atom stereocenters. The molecule has 1 fully saturated rings. The van der Waals surface area contributed by atoms with Crippen molar-refractivity contribution >= 4 is 19.9 Å². The van der Waals surface area contributed by atoms with Gasteiger partial charge in [-0.05, 0) is 18.6 Å². The lowest BCUT2D eigenvalue weighted by atomic mass is 10.3. The average molecular weight is 307 g/mol. The molecule has 0 amide bonds. The highest BCUT2D eigenvalue weighted by Gasteiger charge is 2.42. The molecule has 0 spiro atoms. The van der Waals surface area contributed by atoms with Crippen LogP contribution in [0.15, 0.2) is 22.8 Å². The third-order valence-electron chi connectivity index (χ3n) is 3.10. The third-order valence-corrected chi connectivity index (χ3v) is 7.11. The Balaban J connectivity index is 1.96. The lowest BCUT2D eigenvalue weighted by molar-refractivity contribution is 0.309. The van der Waals surface area contributed by atoms with Crippen molar-refractivity contribution in [1.82, 2.24) is 4.31 Å². The highest BCUT2D eigenvalue weighted by molar-refractivity contribution is 7.92. The second-order valence-electron chi connectivity index (χ2n) is 4.64. The fraction of sp³-hybridized carbons (Fsp3) is 0.636. The molecular weight excluding hydrogens is 290 g/mol. The maximum atomic E-state index is 12.0. The molecule has 1 aliphatic rings. The molecule has 6 nitrogen and oxygen atoms in total. The van der Waals surface area contributed by atoms with E-state index in [2.05, 4.69) is 0 Å². The van der Waals surface area contributed by atoms with E-state index in [9.17, 15) is 16.8 Å². The summed E-state index contributed by atoms with van der Waals surface area (Å²) in [6, 6.07) is 3.23. The number of rotatable bonds is 6. The smallest absolute Gasteiger partial charge is 0.214 e. The normalized spacial score (nSPS) is 18.4. The SMILES string of the molecule is CCCS(=O)(=O)N1CC(S(=O)(=O)Cc2ccco2)C1. The molecule has 2 heterocycles. The second-order valence-corrected chi connectivity index (χ2v) is 9.01. The van der Waals surface area contributed by atoms with E-state index in [-0.39, 0.29) is 24.6 Å². The van der Waals surface area contributed by atoms with E-state index < -0.39 is 25.1 Å². The van der Waals surface area contributed by atoms with Crippen molar-refractivity contribution in [2.45, 2.75) is 24.3 Å². The molecule has 1 aromatic heterocycles. The molecule has 1 saturated heterocycles. The van der Waals surface area contributed by atoms with E-state index in [1.54, 1.807) is 19.1 Å². The van der Waals surface area contributed by atoms with Crippen molar-refractivity contribution < 1.29 is 21.3 Å². The van der Waals surface area contributed by atoms with Gasteiger partial charge in [0.05, 0.1) is 17.3 Å². The van der Waals surface area contributed by atoms with Crippen LogP contribution in [0.2, 0.25) is 0 Å². The van der Waals surface area contributed by atoms with Gasteiger partial charge in [0.25, 0.3) is 0 Å². The maximum Gasteiger partial charge on any atom is 0.214 e. The van der Waals surface area contributed by atoms with Crippen LogP contribution in [0.3, 0.4) is 0 Å². The van der Waals surface area contributed by atoms with Gasteiger partial charge in [0.1, 0.15) is 11.5 Å². The standard InChI is InChI=1S/C11H17NO5S2/c1-2-6-19(15,16)12-7-11(8-12)18(13,14)9-10-4-3-5-17-10/h3-5,11H,2,6-9H2,1H3. The van der Waals surface area contributed by atoms with Crippen LogP contribution in [0.4, 0.5) is 0 Å². The van der Waals surface area contributed by atoms with Gasteiger partial charge in [0, 0.05) is 13.1 Å². The van der Waals surface area contributed by atoms with Crippen LogP contribution in [-0.4, -0.2) is 45.2 Å². The van der Waals surface area contributed by atoms with Crippen molar-refractivity contribution in [3.8, 4) is 0 Å². The van der Waals surface area contributed by atoms with Crippen molar-refractivity contribution in [1.29, 1.82) is 0 Å². The van der Waals surface area contributed by atoms with Gasteiger partial charge in [-0.1, -0.05) is 6.92 Å². The summed E-state index contributed by atoms with van der Waals surface area (Å²) in [7, 11) is -6.64. The third kappa shape index (κ3) is 3.18. The zero-order valence-electron chi connectivity index (χ0n) is 10.6. The molecule has 108 valence electrons. The molecule has 0 aromatic carbocycles. The number of nitrogens with zero attached hydrogens (tertiary/aromatic N) is 1. The lowest BCUT2D eigenvalue weighted by Crippen LogP contribution is -2.57. The number of hydrogen-bond donors (Lipinski definition) is 0. The number of sulfone groups is 1. The summed E-state index contributed by atoms with van der Waals surface area (Å²) in [5.74, 6) is 0.277. The van der Waals surface area contributed by atoms with Crippen LogP contribution in [0, 0.1) is 0 Å². The first-order valence-electron chi connectivity index (χ1n) is 6.07. The van der Waals surface area contributed by atoms with Gasteiger partial charge in [0.15, 0.2) is 9.84 Å². The van der Waals surface area contributed by atoms with Gasteiger partial charge in [-0.15, -0.1) is 0 Å². The van der Waals surface area contributed by atoms with Crippen molar-refractivity contribution in [2.75, 3.05) is 18.8 Å². The highest BCUT2D eigenvalue weighted by atomic mass is 32.2. The maximum absolute atomic E-state index is 12.0. The van der Waals surface area contributed by atoms with Crippen molar-refractivity contribution in [2.24, 2.45) is 0 Å². The van der Waals surface area contributed by atoms with Gasteiger partial charge >= 0.3 is 0 Å². The van der Waals surface area contributed by atoms with Gasteiger partial charge < -0.3 is 4.42 Å². The Labute approximate surface area is 113 Å². The van der Waals surface area contributed by atoms with Gasteiger partial charge in [-0.3, -0.25) is 0 Å². The van der Waals surface area contributed by atoms with Crippen molar-refractivity contribution in [3.05, 3.63) is 24.2 Å². The summed E-state index contributed by atoms with van der Waals surface area (Å²) >= 11 is 0. The molecular formula is C11H17NO5S2. The molecule has 0 aliphatic carbocycles. The van der Waals surface area contributed by atoms with Crippen molar-refractivity contribution in [3.63, 3.8) is 0 Å². The van der Waals surface area contributed by atoms with E-state index in [1.807, 2.05) is 0 Å². The van der Waals surface area contributed by atoms with E-state index in [4.69, 9.17) is 4.42 Å². The Bertz CT molecular complexity index is 612. The largest absolute Gasteiger partial charge is 0.468 e. The molecule has 1 aliphatic heterocycles. The first-order valence-corrected chi connectivity index (χ1v) is 9.39. The minimum Gasteiger partial charge on any atom is -0.468 e. The average Bonchev–Trinajstić information content (AvgIpc) is 2.65. The minimum atomic E-state index is -3.35. The van der Waals surface area contributed by atoms with Crippen LogP contribution in [0.25, 0.3) is 0 Å². The summed E-state index contributed by atoms with van der Waals surface area (Å²) in [6.45, 7) is 1.90. The van der Waals surface area contributed by atoms with Crippen LogP contribution >= 0.6 is 0 Å². The predicted molar refractivity (Wildman–Crippen MR) is 70.8 cm³/mol. The second kappa shape index (κ2) is 5.26. The van der Waals surface area contributed by atoms with E-state index >= 15 is 0 Å². The fourth-order valence-corrected chi connectivity index (χ4v) is 5.34. The molecule has 0 bridgehead atoms. The molecule has 1 aromatic rings. The van der Waals surface area contributed by atoms with E-state index in [0.29, 0.717) is 12.2 Å². The molecule has 2 rings (SSSR count). The molecule has 0 saturated carbocycles. The lowest BCUT2D eigenvalue weighted by Gasteiger charge is -2.37. The Morgan fingerprint density at radius 3 is 2.53 bits per heavy atom. The molecule has 8 heteroatoms. The zero-order valence-corrected chi connectivity index (χ0v) is 12.3. The van der Waals surface area contributed by atoms with Gasteiger partial charge in [-0.2, -0.15) is 4.31 Å².